The summed E-state index contributed by atoms with van der Waals surface area (Å²) < 4.78 is 19.3. The normalized spacial score (nSPS) is 20.2. The predicted octanol–water partition coefficient (Wildman–Crippen LogP) is 4.22. The fourth-order valence-electron chi connectivity index (χ4n) is 5.29. The van der Waals surface area contributed by atoms with Gasteiger partial charge in [0, 0.05) is 42.7 Å². The van der Waals surface area contributed by atoms with Crippen LogP contribution in [0.15, 0.2) is 60.0 Å². The first-order chi connectivity index (χ1) is 17.4. The molecule has 0 spiro atoms. The van der Waals surface area contributed by atoms with Gasteiger partial charge in [0.15, 0.2) is 0 Å². The summed E-state index contributed by atoms with van der Waals surface area (Å²) >= 11 is 1.72. The molecular formula is C28H30FN3O3S. The van der Waals surface area contributed by atoms with Crippen LogP contribution in [0.5, 0.6) is 5.75 Å². The van der Waals surface area contributed by atoms with Gasteiger partial charge in [-0.25, -0.2) is 4.39 Å². The number of nitrogens with zero attached hydrogens (tertiary/aromatic N) is 3. The summed E-state index contributed by atoms with van der Waals surface area (Å²) in [5.74, 6) is 0.355. The van der Waals surface area contributed by atoms with Crippen LogP contribution in [0.1, 0.15) is 39.3 Å². The lowest BCUT2D eigenvalue weighted by molar-refractivity contribution is -0.135. The Morgan fingerprint density at radius 1 is 1.08 bits per heavy atom. The number of hydrogen-bond acceptors (Lipinski definition) is 5. The summed E-state index contributed by atoms with van der Waals surface area (Å²) in [6.45, 7) is 4.42. The van der Waals surface area contributed by atoms with Crippen molar-refractivity contribution in [1.82, 2.24) is 14.7 Å². The quantitative estimate of drug-likeness (QED) is 0.519. The Labute approximate surface area is 214 Å². The minimum absolute atomic E-state index is 0.0374. The zero-order valence-electron chi connectivity index (χ0n) is 20.5. The molecule has 0 aliphatic carbocycles. The fourth-order valence-corrected chi connectivity index (χ4v) is 6.19. The maximum atomic E-state index is 14.1. The topological polar surface area (TPSA) is 53.1 Å². The molecule has 3 aromatic rings. The summed E-state index contributed by atoms with van der Waals surface area (Å²) in [7, 11) is 1.58. The van der Waals surface area contributed by atoms with Gasteiger partial charge >= 0.3 is 0 Å². The number of benzene rings is 2. The molecule has 2 aliphatic heterocycles. The van der Waals surface area contributed by atoms with E-state index in [9.17, 15) is 14.0 Å². The van der Waals surface area contributed by atoms with Gasteiger partial charge in [-0.05, 0) is 66.2 Å². The number of carbonyl (C=O) groups excluding carboxylic acids is 2. The Balaban J connectivity index is 1.28. The van der Waals surface area contributed by atoms with Crippen molar-refractivity contribution in [3.05, 3.63) is 87.4 Å². The van der Waals surface area contributed by atoms with E-state index in [2.05, 4.69) is 16.3 Å². The molecule has 0 unspecified atom stereocenters. The van der Waals surface area contributed by atoms with Crippen LogP contribution in [0.2, 0.25) is 0 Å². The van der Waals surface area contributed by atoms with E-state index in [1.165, 1.54) is 10.9 Å². The van der Waals surface area contributed by atoms with E-state index in [1.54, 1.807) is 42.7 Å². The van der Waals surface area contributed by atoms with Crippen molar-refractivity contribution in [3.63, 3.8) is 0 Å². The lowest BCUT2D eigenvalue weighted by Gasteiger charge is -2.42. The van der Waals surface area contributed by atoms with Crippen molar-refractivity contribution in [2.75, 3.05) is 39.8 Å². The van der Waals surface area contributed by atoms with Crippen molar-refractivity contribution in [3.8, 4) is 5.75 Å². The molecule has 188 valence electrons. The van der Waals surface area contributed by atoms with Gasteiger partial charge in [-0.2, -0.15) is 0 Å². The highest BCUT2D eigenvalue weighted by Crippen LogP contribution is 2.37. The molecular weight excluding hydrogens is 477 g/mol. The number of halogens is 1. The Kier molecular flexibility index (Phi) is 7.07. The van der Waals surface area contributed by atoms with E-state index in [4.69, 9.17) is 4.74 Å². The van der Waals surface area contributed by atoms with E-state index < -0.39 is 0 Å². The highest BCUT2D eigenvalue weighted by molar-refractivity contribution is 7.10. The van der Waals surface area contributed by atoms with Gasteiger partial charge in [-0.15, -0.1) is 11.3 Å². The third kappa shape index (κ3) is 4.88. The molecule has 6 nitrogen and oxygen atoms in total. The molecule has 0 radical (unpaired) electrons. The van der Waals surface area contributed by atoms with Crippen molar-refractivity contribution in [2.24, 2.45) is 0 Å². The average molecular weight is 508 g/mol. The van der Waals surface area contributed by atoms with Crippen LogP contribution >= 0.6 is 11.3 Å². The number of methoxy groups -OCH3 is 1. The molecule has 0 saturated carbocycles. The zero-order valence-corrected chi connectivity index (χ0v) is 21.3. The molecule has 8 heteroatoms. The second kappa shape index (κ2) is 10.4. The van der Waals surface area contributed by atoms with Gasteiger partial charge in [0.25, 0.3) is 5.91 Å². The fraction of sp³-hybridized carbons (Fsp3) is 0.357. The van der Waals surface area contributed by atoms with Crippen LogP contribution in [0.3, 0.4) is 0 Å². The molecule has 2 aliphatic rings. The maximum absolute atomic E-state index is 14.1. The third-order valence-electron chi connectivity index (χ3n) is 7.13. The molecule has 2 amide bonds. The highest BCUT2D eigenvalue weighted by atomic mass is 32.1. The molecule has 0 bridgehead atoms. The Bertz CT molecular complexity index is 1260. The molecule has 1 saturated heterocycles. The minimum atomic E-state index is -0.272. The molecule has 5 rings (SSSR count). The summed E-state index contributed by atoms with van der Waals surface area (Å²) in [6, 6.07) is 15.7. The second-order valence-corrected chi connectivity index (χ2v) is 10.4. The number of piperazine rings is 1. The number of rotatable bonds is 5. The van der Waals surface area contributed by atoms with Crippen molar-refractivity contribution in [2.45, 2.75) is 25.4 Å². The molecule has 1 fully saturated rings. The summed E-state index contributed by atoms with van der Waals surface area (Å²) in [5, 5.41) is 2.07. The molecule has 0 N–H and O–H groups in total. The number of amides is 2. The smallest absolute Gasteiger partial charge is 0.254 e. The van der Waals surface area contributed by atoms with Crippen molar-refractivity contribution >= 4 is 23.2 Å². The van der Waals surface area contributed by atoms with Crippen molar-refractivity contribution in [1.29, 1.82) is 0 Å². The van der Waals surface area contributed by atoms with Crippen LogP contribution < -0.4 is 4.74 Å². The number of ether oxygens (including phenoxy) is 1. The van der Waals surface area contributed by atoms with Gasteiger partial charge in [0.1, 0.15) is 11.6 Å². The molecule has 1 aromatic heterocycles. The predicted molar refractivity (Wildman–Crippen MR) is 138 cm³/mol. The largest absolute Gasteiger partial charge is 0.497 e. The first-order valence-corrected chi connectivity index (χ1v) is 13.1. The first-order valence-electron chi connectivity index (χ1n) is 12.2. The van der Waals surface area contributed by atoms with Crippen LogP contribution in [-0.4, -0.2) is 72.4 Å². The molecule has 3 heterocycles. The molecule has 2 atom stereocenters. The van der Waals surface area contributed by atoms with Gasteiger partial charge in [0.05, 0.1) is 19.7 Å². The highest BCUT2D eigenvalue weighted by Gasteiger charge is 2.34. The van der Waals surface area contributed by atoms with Gasteiger partial charge in [-0.3, -0.25) is 14.5 Å². The Morgan fingerprint density at radius 3 is 2.69 bits per heavy atom. The van der Waals surface area contributed by atoms with E-state index in [0.717, 1.165) is 24.1 Å². The van der Waals surface area contributed by atoms with Crippen LogP contribution in [0, 0.1) is 5.82 Å². The van der Waals surface area contributed by atoms with E-state index in [1.807, 2.05) is 34.9 Å². The Morgan fingerprint density at radius 2 is 1.92 bits per heavy atom. The maximum Gasteiger partial charge on any atom is 0.254 e. The van der Waals surface area contributed by atoms with E-state index >= 15 is 0 Å². The number of carbonyl (C=O) groups is 2. The van der Waals surface area contributed by atoms with E-state index in [-0.39, 0.29) is 36.3 Å². The number of thiophene rings is 1. The van der Waals surface area contributed by atoms with Crippen LogP contribution in [0.25, 0.3) is 0 Å². The summed E-state index contributed by atoms with van der Waals surface area (Å²) in [6.07, 6.45) is 0.880. The lowest BCUT2D eigenvalue weighted by Crippen LogP contribution is -2.57. The average Bonchev–Trinajstić information content (AvgIpc) is 3.37. The van der Waals surface area contributed by atoms with E-state index in [0.29, 0.717) is 30.9 Å². The summed E-state index contributed by atoms with van der Waals surface area (Å²) in [4.78, 5) is 33.7. The minimum Gasteiger partial charge on any atom is -0.497 e. The van der Waals surface area contributed by atoms with Crippen LogP contribution in [-0.2, 0) is 11.2 Å². The molecule has 36 heavy (non-hydrogen) atoms. The summed E-state index contributed by atoms with van der Waals surface area (Å²) in [5.41, 5.74) is 2.61. The van der Waals surface area contributed by atoms with Crippen LogP contribution in [0.4, 0.5) is 4.39 Å². The zero-order chi connectivity index (χ0) is 25.2. The third-order valence-corrected chi connectivity index (χ3v) is 8.12. The monoisotopic (exact) mass is 507 g/mol. The first kappa shape index (κ1) is 24.5. The standard InChI is InChI=1S/C28H30FN3O3S/c1-19-17-30(12-13-32(19)28(34)21-6-4-8-23(16-21)35-2)26(33)18-31-11-9-25-24(10-14-36-25)27(31)20-5-3-7-22(29)15-20/h3-8,10,14-16,19,27H,9,11-13,17-18H2,1-2H3/t19-,27-/m0/s1. The number of hydrogen-bond donors (Lipinski definition) is 0. The lowest BCUT2D eigenvalue weighted by atomic mass is 9.93. The van der Waals surface area contributed by atoms with Gasteiger partial charge in [-0.1, -0.05) is 18.2 Å². The van der Waals surface area contributed by atoms with Gasteiger partial charge in [0.2, 0.25) is 5.91 Å². The molecule has 2 aromatic carbocycles. The van der Waals surface area contributed by atoms with Gasteiger partial charge < -0.3 is 14.5 Å². The SMILES string of the molecule is COc1cccc(C(=O)N2CCN(C(=O)CN3CCc4sccc4[C@@H]3c3cccc(F)c3)C[C@@H]2C)c1. The van der Waals surface area contributed by atoms with Crippen molar-refractivity contribution < 1.29 is 18.7 Å². The number of fused-ring (bicyclic) bond motifs is 1. The second-order valence-electron chi connectivity index (χ2n) is 9.40. The Hall–Kier alpha value is -3.23.